The van der Waals surface area contributed by atoms with Crippen molar-refractivity contribution < 1.29 is 28.3 Å². The van der Waals surface area contributed by atoms with E-state index in [9.17, 15) is 14.3 Å². The first-order valence-corrected chi connectivity index (χ1v) is 14.5. The monoisotopic (exact) mass is 479 g/mol. The van der Waals surface area contributed by atoms with Crippen LogP contribution in [0.3, 0.4) is 0 Å². The Morgan fingerprint density at radius 1 is 0.875 bits per heavy atom. The molecule has 0 heterocycles. The number of unbranched alkanes of at least 4 members (excludes halogenated alkanes) is 12. The van der Waals surface area contributed by atoms with Gasteiger partial charge in [0.25, 0.3) is 0 Å². The summed E-state index contributed by atoms with van der Waals surface area (Å²) in [5, 5.41) is 0. The molecular weight excluding hydrogens is 429 g/mol. The third kappa shape index (κ3) is 18.0. The highest BCUT2D eigenvalue weighted by Crippen LogP contribution is 2.46. The molecular formula is C24H50NO6P. The fourth-order valence-corrected chi connectivity index (χ4v) is 4.17. The number of carbonyl (C=O) groups excluding carboxylic acids is 1. The third-order valence-corrected chi connectivity index (χ3v) is 7.47. The lowest BCUT2D eigenvalue weighted by molar-refractivity contribution is -0.153. The summed E-state index contributed by atoms with van der Waals surface area (Å²) in [5.74, 6) is -0.386. The van der Waals surface area contributed by atoms with Gasteiger partial charge in [0.15, 0.2) is 0 Å². The van der Waals surface area contributed by atoms with Crippen LogP contribution in [0, 0.1) is 0 Å². The summed E-state index contributed by atoms with van der Waals surface area (Å²) in [7, 11) is -3.84. The van der Waals surface area contributed by atoms with Crippen LogP contribution < -0.4 is 5.73 Å². The Bertz CT molecular complexity index is 491. The molecule has 0 bridgehead atoms. The second kappa shape index (κ2) is 21.1. The summed E-state index contributed by atoms with van der Waals surface area (Å²) in [5.41, 5.74) is 4.77. The van der Waals surface area contributed by atoms with Crippen molar-refractivity contribution in [2.24, 2.45) is 5.73 Å². The molecule has 0 fully saturated rings. The molecule has 0 radical (unpaired) electrons. The Hall–Kier alpha value is -0.460. The number of carbonyl (C=O) groups is 1. The minimum Gasteiger partial charge on any atom is -0.457 e. The molecule has 0 aromatic heterocycles. The summed E-state index contributed by atoms with van der Waals surface area (Å²) < 4.78 is 28.1. The van der Waals surface area contributed by atoms with Gasteiger partial charge in [0.1, 0.15) is 6.10 Å². The number of esters is 1. The normalized spacial score (nSPS) is 15.3. The van der Waals surface area contributed by atoms with E-state index in [4.69, 9.17) is 19.7 Å². The van der Waals surface area contributed by atoms with E-state index in [0.29, 0.717) is 6.61 Å². The number of ether oxygens (including phenoxy) is 2. The van der Waals surface area contributed by atoms with E-state index >= 15 is 0 Å². The van der Waals surface area contributed by atoms with Gasteiger partial charge >= 0.3 is 13.6 Å². The smallest absolute Gasteiger partial charge is 0.332 e. The van der Waals surface area contributed by atoms with Gasteiger partial charge in [-0.05, 0) is 13.3 Å². The van der Waals surface area contributed by atoms with Gasteiger partial charge in [-0.1, -0.05) is 90.9 Å². The zero-order chi connectivity index (χ0) is 24.1. The summed E-state index contributed by atoms with van der Waals surface area (Å²) in [6, 6.07) is 0. The molecule has 0 aromatic rings. The number of hydrogen-bond donors (Lipinski definition) is 2. The first kappa shape index (κ1) is 31.5. The number of hydrogen-bond acceptors (Lipinski definition) is 6. The van der Waals surface area contributed by atoms with E-state index in [1.54, 1.807) is 13.8 Å². The summed E-state index contributed by atoms with van der Waals surface area (Å²) in [4.78, 5) is 21.5. The van der Waals surface area contributed by atoms with E-state index in [1.165, 1.54) is 70.6 Å². The molecule has 0 saturated carbocycles. The molecule has 0 amide bonds. The van der Waals surface area contributed by atoms with Crippen molar-refractivity contribution in [1.29, 1.82) is 0 Å². The second-order valence-electron chi connectivity index (χ2n) is 8.73. The first-order chi connectivity index (χ1) is 15.4. The summed E-state index contributed by atoms with van der Waals surface area (Å²) in [6.45, 7) is 6.10. The lowest BCUT2D eigenvalue weighted by Gasteiger charge is -2.22. The Labute approximate surface area is 196 Å². The van der Waals surface area contributed by atoms with Crippen molar-refractivity contribution in [2.45, 2.75) is 122 Å². The Morgan fingerprint density at radius 3 is 1.84 bits per heavy atom. The maximum atomic E-state index is 12.1. The summed E-state index contributed by atoms with van der Waals surface area (Å²) >= 11 is 0. The average molecular weight is 480 g/mol. The van der Waals surface area contributed by atoms with E-state index in [0.717, 1.165) is 12.8 Å². The Morgan fingerprint density at radius 2 is 1.38 bits per heavy atom. The maximum Gasteiger partial charge on any atom is 0.332 e. The predicted octanol–water partition coefficient (Wildman–Crippen LogP) is 5.97. The molecule has 192 valence electrons. The molecule has 8 heteroatoms. The van der Waals surface area contributed by atoms with Gasteiger partial charge < -0.3 is 24.6 Å². The molecule has 0 aliphatic carbocycles. The van der Waals surface area contributed by atoms with Crippen molar-refractivity contribution in [3.8, 4) is 0 Å². The van der Waals surface area contributed by atoms with Crippen molar-refractivity contribution in [2.75, 3.05) is 26.4 Å². The number of nitrogens with two attached hydrogens (primary N) is 1. The quantitative estimate of drug-likeness (QED) is 0.106. The lowest BCUT2D eigenvalue weighted by atomic mass is 10.0. The molecule has 0 saturated heterocycles. The molecule has 3 atom stereocenters. The van der Waals surface area contributed by atoms with Gasteiger partial charge in [-0.3, -0.25) is 9.36 Å². The van der Waals surface area contributed by atoms with Crippen LogP contribution in [0.4, 0.5) is 0 Å². The van der Waals surface area contributed by atoms with Gasteiger partial charge in [0.05, 0.1) is 18.9 Å². The van der Waals surface area contributed by atoms with Gasteiger partial charge in [0, 0.05) is 19.6 Å². The van der Waals surface area contributed by atoms with Crippen molar-refractivity contribution in [3.05, 3.63) is 0 Å². The van der Waals surface area contributed by atoms with Crippen LogP contribution in [0.1, 0.15) is 111 Å². The molecule has 0 spiro atoms. The third-order valence-electron chi connectivity index (χ3n) is 5.63. The van der Waals surface area contributed by atoms with E-state index in [1.807, 2.05) is 0 Å². The minimum atomic E-state index is -3.84. The zero-order valence-electron chi connectivity index (χ0n) is 20.9. The highest BCUT2D eigenvalue weighted by atomic mass is 31.2. The topological polar surface area (TPSA) is 108 Å². The second-order valence-corrected chi connectivity index (χ2v) is 11.0. The van der Waals surface area contributed by atoms with Crippen LogP contribution in [-0.2, 0) is 23.4 Å². The van der Waals surface area contributed by atoms with Crippen molar-refractivity contribution in [1.82, 2.24) is 0 Å². The van der Waals surface area contributed by atoms with Crippen molar-refractivity contribution in [3.63, 3.8) is 0 Å². The highest BCUT2D eigenvalue weighted by molar-refractivity contribution is 7.53. The van der Waals surface area contributed by atoms with E-state index in [-0.39, 0.29) is 32.1 Å². The molecule has 3 N–H and O–H groups in total. The minimum absolute atomic E-state index is 0.0444. The van der Waals surface area contributed by atoms with Gasteiger partial charge in [-0.25, -0.2) is 0 Å². The fourth-order valence-electron chi connectivity index (χ4n) is 3.27. The summed E-state index contributed by atoms with van der Waals surface area (Å²) in [6.07, 6.45) is 16.3. The van der Waals surface area contributed by atoms with Crippen LogP contribution >= 0.6 is 7.60 Å². The standard InChI is InChI=1S/C24H50NO6P/c1-4-6-7-8-9-10-11-12-13-14-15-16-17-18-29-20-23(31-24(26)5-2)21-30-32(27,28)22(3)19-25/h22-23H,4-21,25H2,1-3H3,(H,27,28). The molecule has 3 unspecified atom stereocenters. The van der Waals surface area contributed by atoms with Gasteiger partial charge in [-0.2, -0.15) is 0 Å². The Kier molecular flexibility index (Phi) is 20.8. The molecule has 7 nitrogen and oxygen atoms in total. The Balaban J connectivity index is 3.81. The molecule has 0 rings (SSSR count). The van der Waals surface area contributed by atoms with E-state index < -0.39 is 19.4 Å². The highest BCUT2D eigenvalue weighted by Gasteiger charge is 2.29. The van der Waals surface area contributed by atoms with Gasteiger partial charge in [0.2, 0.25) is 0 Å². The average Bonchev–Trinajstić information content (AvgIpc) is 2.78. The van der Waals surface area contributed by atoms with Crippen LogP contribution in [0.5, 0.6) is 0 Å². The van der Waals surface area contributed by atoms with Crippen LogP contribution in [0.25, 0.3) is 0 Å². The fraction of sp³-hybridized carbons (Fsp3) is 0.958. The molecule has 0 aliphatic rings. The van der Waals surface area contributed by atoms with E-state index in [2.05, 4.69) is 6.92 Å². The maximum absolute atomic E-state index is 12.1. The number of rotatable bonds is 23. The van der Waals surface area contributed by atoms with Crippen LogP contribution in [0.2, 0.25) is 0 Å². The van der Waals surface area contributed by atoms with Gasteiger partial charge in [-0.15, -0.1) is 0 Å². The van der Waals surface area contributed by atoms with Crippen LogP contribution in [-0.4, -0.2) is 49.0 Å². The first-order valence-electron chi connectivity index (χ1n) is 12.8. The predicted molar refractivity (Wildman–Crippen MR) is 131 cm³/mol. The molecule has 0 aliphatic heterocycles. The largest absolute Gasteiger partial charge is 0.457 e. The SMILES string of the molecule is CCCCCCCCCCCCCCCOCC(COP(=O)(O)C(C)CN)OC(=O)CC. The molecule has 32 heavy (non-hydrogen) atoms. The zero-order valence-corrected chi connectivity index (χ0v) is 21.8. The van der Waals surface area contributed by atoms with Crippen molar-refractivity contribution >= 4 is 13.6 Å². The molecule has 0 aromatic carbocycles. The van der Waals surface area contributed by atoms with Crippen LogP contribution in [0.15, 0.2) is 0 Å². The lowest BCUT2D eigenvalue weighted by Crippen LogP contribution is -2.29.